The number of amides is 6. The van der Waals surface area contributed by atoms with Crippen molar-refractivity contribution in [2.24, 2.45) is 5.92 Å². The average molecular weight is 793 g/mol. The van der Waals surface area contributed by atoms with Crippen molar-refractivity contribution in [3.8, 4) is 0 Å². The summed E-state index contributed by atoms with van der Waals surface area (Å²) in [5.41, 5.74) is -1.99. The molecule has 3 aliphatic carbocycles. The Morgan fingerprint density at radius 1 is 0.982 bits per heavy atom. The van der Waals surface area contributed by atoms with Gasteiger partial charge in [0.2, 0.25) is 21.8 Å². The third kappa shape index (κ3) is 8.58. The standard InChI is InChI=1S/C37H47F3N6O8S/c38-37(39,40)28-12-7-8-22-16-17-45(21-27(22)28)35(51)54-25-18-30-31(47)43-36(33(49)44-55(52,53)26-14-15-26)19-23(36)9-3-1-2-4-13-29(32(48)46(30)20-25)42-34(50)41-24-10-5-6-11-24/h3,7-9,12,23-26,29-30H,1-2,4-6,10-11,13-21H2,(H,43,47)(H,44,49)(H2,41,42,50)/b9-3-/t23-,25-,29+,30+,36-/m1/s1. The van der Waals surface area contributed by atoms with Gasteiger partial charge in [0.15, 0.2) is 0 Å². The van der Waals surface area contributed by atoms with E-state index in [1.807, 2.05) is 6.08 Å². The van der Waals surface area contributed by atoms with Crippen molar-refractivity contribution < 1.29 is 50.3 Å². The molecule has 1 aromatic carbocycles. The Morgan fingerprint density at radius 3 is 2.45 bits per heavy atom. The SMILES string of the molecule is O=C(NC1CCCC1)N[C@H]1CCCC/C=C\[C@@H]2C[C@@]2(C(=O)NS(=O)(=O)C2CC2)NC(=O)[C@@H]2C[C@@H](OC(=O)N3CCc4cccc(C(F)(F)F)c4C3)CN2C1=O. The van der Waals surface area contributed by atoms with Gasteiger partial charge in [0, 0.05) is 31.5 Å². The Balaban J connectivity index is 1.12. The maximum atomic E-state index is 14.4. The molecule has 3 heterocycles. The third-order valence-corrected chi connectivity index (χ3v) is 13.5. The smallest absolute Gasteiger partial charge is 0.416 e. The van der Waals surface area contributed by atoms with Gasteiger partial charge in [0.05, 0.1) is 17.4 Å². The highest BCUT2D eigenvalue weighted by atomic mass is 32.2. The molecule has 3 aliphatic heterocycles. The summed E-state index contributed by atoms with van der Waals surface area (Å²) in [4.78, 5) is 71.2. The quantitative estimate of drug-likeness (QED) is 0.316. The molecule has 4 N–H and O–H groups in total. The van der Waals surface area contributed by atoms with Crippen molar-refractivity contribution >= 4 is 39.9 Å². The number of allylic oxidation sites excluding steroid dienone is 1. The minimum absolute atomic E-state index is 0.0267. The van der Waals surface area contributed by atoms with Gasteiger partial charge in [-0.2, -0.15) is 13.2 Å². The first-order chi connectivity index (χ1) is 26.1. The van der Waals surface area contributed by atoms with Crippen molar-refractivity contribution in [1.82, 2.24) is 30.5 Å². The van der Waals surface area contributed by atoms with E-state index in [9.17, 15) is 45.6 Å². The molecule has 0 spiro atoms. The fourth-order valence-electron chi connectivity index (χ4n) is 8.35. The normalized spacial score (nSPS) is 29.5. The zero-order valence-corrected chi connectivity index (χ0v) is 31.2. The molecule has 1 saturated heterocycles. The second kappa shape index (κ2) is 15.3. The van der Waals surface area contributed by atoms with Gasteiger partial charge < -0.3 is 30.5 Å². The lowest BCUT2D eigenvalue weighted by molar-refractivity contribution is -0.141. The molecule has 6 aliphatic rings. The monoisotopic (exact) mass is 792 g/mol. The first kappa shape index (κ1) is 38.9. The molecule has 0 aromatic heterocycles. The van der Waals surface area contributed by atoms with Crippen molar-refractivity contribution in [2.45, 2.75) is 131 Å². The van der Waals surface area contributed by atoms with Gasteiger partial charge in [0.25, 0.3) is 5.91 Å². The second-order valence-electron chi connectivity index (χ2n) is 15.7. The molecule has 4 fully saturated rings. The first-order valence-corrected chi connectivity index (χ1v) is 20.7. The lowest BCUT2D eigenvalue weighted by Crippen LogP contribution is -2.59. The minimum Gasteiger partial charge on any atom is -0.444 e. The maximum Gasteiger partial charge on any atom is 0.416 e. The number of alkyl halides is 3. The van der Waals surface area contributed by atoms with Crippen LogP contribution in [0.5, 0.6) is 0 Å². The fraction of sp³-hybridized carbons (Fsp3) is 0.649. The number of hydrogen-bond donors (Lipinski definition) is 4. The summed E-state index contributed by atoms with van der Waals surface area (Å²) >= 11 is 0. The number of hydrogen-bond acceptors (Lipinski definition) is 8. The van der Waals surface area contributed by atoms with E-state index < -0.39 is 86.5 Å². The summed E-state index contributed by atoms with van der Waals surface area (Å²) in [5, 5.41) is 7.78. The highest BCUT2D eigenvalue weighted by molar-refractivity contribution is 7.91. The number of nitrogens with zero attached hydrogens (tertiary/aromatic N) is 2. The Labute approximate surface area is 317 Å². The Hall–Kier alpha value is -4.35. The molecule has 0 unspecified atom stereocenters. The summed E-state index contributed by atoms with van der Waals surface area (Å²) in [6.45, 7) is -0.520. The topological polar surface area (TPSA) is 183 Å². The number of urea groups is 1. The number of sulfonamides is 1. The highest BCUT2D eigenvalue weighted by Gasteiger charge is 2.62. The molecule has 0 bridgehead atoms. The van der Waals surface area contributed by atoms with Gasteiger partial charge >= 0.3 is 18.3 Å². The van der Waals surface area contributed by atoms with Crippen LogP contribution in [0.4, 0.5) is 22.8 Å². The van der Waals surface area contributed by atoms with Crippen LogP contribution in [0.15, 0.2) is 30.4 Å². The van der Waals surface area contributed by atoms with Gasteiger partial charge in [-0.05, 0) is 75.0 Å². The molecular weight excluding hydrogens is 746 g/mol. The molecule has 18 heteroatoms. The van der Waals surface area contributed by atoms with Crippen LogP contribution in [0, 0.1) is 5.92 Å². The van der Waals surface area contributed by atoms with Crippen LogP contribution >= 0.6 is 0 Å². The second-order valence-corrected chi connectivity index (χ2v) is 17.6. The van der Waals surface area contributed by atoms with E-state index in [1.54, 1.807) is 12.1 Å². The molecule has 14 nitrogen and oxygen atoms in total. The number of carbonyl (C=O) groups excluding carboxylic acids is 5. The number of fused-ring (bicyclic) bond motifs is 3. The predicted molar refractivity (Wildman–Crippen MR) is 190 cm³/mol. The van der Waals surface area contributed by atoms with Crippen LogP contribution in [-0.4, -0.2) is 96.2 Å². The van der Waals surface area contributed by atoms with Crippen LogP contribution in [0.25, 0.3) is 0 Å². The summed E-state index contributed by atoms with van der Waals surface area (Å²) in [6, 6.07) is 0.994. The van der Waals surface area contributed by atoms with E-state index in [1.165, 1.54) is 11.0 Å². The summed E-state index contributed by atoms with van der Waals surface area (Å²) in [6.07, 6.45) is 3.56. The van der Waals surface area contributed by atoms with Gasteiger partial charge in [-0.25, -0.2) is 18.0 Å². The largest absolute Gasteiger partial charge is 0.444 e. The number of nitrogens with one attached hydrogen (secondary N) is 4. The van der Waals surface area contributed by atoms with E-state index in [0.717, 1.165) is 36.6 Å². The van der Waals surface area contributed by atoms with Crippen molar-refractivity contribution in [2.75, 3.05) is 13.1 Å². The van der Waals surface area contributed by atoms with Crippen LogP contribution in [0.3, 0.4) is 0 Å². The molecule has 55 heavy (non-hydrogen) atoms. The van der Waals surface area contributed by atoms with E-state index in [4.69, 9.17) is 4.74 Å². The van der Waals surface area contributed by atoms with Gasteiger partial charge in [-0.3, -0.25) is 19.1 Å². The van der Waals surface area contributed by atoms with Crippen molar-refractivity contribution in [3.63, 3.8) is 0 Å². The summed E-state index contributed by atoms with van der Waals surface area (Å²) < 4.78 is 75.0. The molecule has 300 valence electrons. The van der Waals surface area contributed by atoms with Crippen molar-refractivity contribution in [3.05, 3.63) is 47.0 Å². The Bertz CT molecular complexity index is 1850. The van der Waals surface area contributed by atoms with E-state index >= 15 is 0 Å². The predicted octanol–water partition coefficient (Wildman–Crippen LogP) is 3.39. The molecule has 1 aromatic rings. The van der Waals surface area contributed by atoms with Crippen LogP contribution < -0.4 is 20.7 Å². The van der Waals surface area contributed by atoms with Crippen LogP contribution in [0.2, 0.25) is 0 Å². The van der Waals surface area contributed by atoms with Gasteiger partial charge in [-0.1, -0.05) is 43.5 Å². The van der Waals surface area contributed by atoms with Crippen LogP contribution in [0.1, 0.15) is 93.7 Å². The van der Waals surface area contributed by atoms with Gasteiger partial charge in [-0.15, -0.1) is 0 Å². The number of ether oxygens (including phenoxy) is 1. The number of benzene rings is 1. The lowest BCUT2D eigenvalue weighted by atomic mass is 9.95. The maximum absolute atomic E-state index is 14.4. The molecular formula is C37H47F3N6O8S. The number of rotatable bonds is 6. The zero-order chi connectivity index (χ0) is 39.1. The van der Waals surface area contributed by atoms with E-state index in [2.05, 4.69) is 20.7 Å². The summed E-state index contributed by atoms with van der Waals surface area (Å²) in [5.74, 6) is -2.75. The van der Waals surface area contributed by atoms with E-state index in [-0.39, 0.29) is 56.9 Å². The van der Waals surface area contributed by atoms with Crippen molar-refractivity contribution in [1.29, 1.82) is 0 Å². The molecule has 0 radical (unpaired) electrons. The third-order valence-electron chi connectivity index (χ3n) is 11.7. The highest BCUT2D eigenvalue weighted by Crippen LogP contribution is 2.46. The zero-order valence-electron chi connectivity index (χ0n) is 30.4. The molecule has 3 saturated carbocycles. The first-order valence-electron chi connectivity index (χ1n) is 19.2. The number of halogens is 3. The van der Waals surface area contributed by atoms with Crippen LogP contribution in [-0.2, 0) is 48.3 Å². The minimum atomic E-state index is -4.63. The molecule has 7 rings (SSSR count). The molecule has 6 amide bonds. The molecule has 5 atom stereocenters. The van der Waals surface area contributed by atoms with Gasteiger partial charge in [0.1, 0.15) is 23.7 Å². The average Bonchev–Trinajstić information content (AvgIpc) is 4.01. The number of carbonyl (C=O) groups is 5. The lowest BCUT2D eigenvalue weighted by Gasteiger charge is -2.31. The Morgan fingerprint density at radius 2 is 1.73 bits per heavy atom. The Kier molecular flexibility index (Phi) is 10.8. The fourth-order valence-corrected chi connectivity index (χ4v) is 9.71. The van der Waals surface area contributed by atoms with E-state index in [0.29, 0.717) is 37.7 Å². The summed E-state index contributed by atoms with van der Waals surface area (Å²) in [7, 11) is -3.95.